The maximum Gasteiger partial charge on any atom is 0.318 e. The first kappa shape index (κ1) is 14.7. The molecule has 0 amide bonds. The van der Waals surface area contributed by atoms with E-state index in [-0.39, 0.29) is 31.3 Å². The van der Waals surface area contributed by atoms with Crippen molar-refractivity contribution in [3.8, 4) is 0 Å². The Hall–Kier alpha value is -0.700. The second-order valence-electron chi connectivity index (χ2n) is 5.25. The van der Waals surface area contributed by atoms with E-state index >= 15 is 0 Å². The van der Waals surface area contributed by atoms with Gasteiger partial charge in [-0.15, -0.1) is 0 Å². The summed E-state index contributed by atoms with van der Waals surface area (Å²) < 4.78 is 33.0. The molecular formula is C11H20N2O5S. The average molecular weight is 292 g/mol. The van der Waals surface area contributed by atoms with Gasteiger partial charge in [0, 0.05) is 19.1 Å². The third-order valence-electron chi connectivity index (χ3n) is 3.25. The summed E-state index contributed by atoms with van der Waals surface area (Å²) >= 11 is 0. The molecule has 0 aromatic rings. The first-order chi connectivity index (χ1) is 8.80. The summed E-state index contributed by atoms with van der Waals surface area (Å²) in [5.74, 6) is -1.12. The Morgan fingerprint density at radius 1 is 1.32 bits per heavy atom. The van der Waals surface area contributed by atoms with Gasteiger partial charge < -0.3 is 9.84 Å². The van der Waals surface area contributed by atoms with Crippen LogP contribution in [-0.2, 0) is 19.7 Å². The van der Waals surface area contributed by atoms with Gasteiger partial charge in [0.1, 0.15) is 6.54 Å². The molecule has 0 bridgehead atoms. The van der Waals surface area contributed by atoms with Crippen LogP contribution in [0.3, 0.4) is 0 Å². The van der Waals surface area contributed by atoms with E-state index in [9.17, 15) is 13.2 Å². The van der Waals surface area contributed by atoms with Crippen LogP contribution in [0.2, 0.25) is 0 Å². The van der Waals surface area contributed by atoms with Crippen molar-refractivity contribution >= 4 is 16.2 Å². The highest BCUT2D eigenvalue weighted by molar-refractivity contribution is 7.86. The number of hydrogen-bond donors (Lipinski definition) is 1. The van der Waals surface area contributed by atoms with Gasteiger partial charge in [0.25, 0.3) is 10.2 Å². The molecule has 2 unspecified atom stereocenters. The van der Waals surface area contributed by atoms with Gasteiger partial charge in [-0.05, 0) is 26.7 Å². The molecule has 1 N–H and O–H groups in total. The second-order valence-corrected chi connectivity index (χ2v) is 7.13. The van der Waals surface area contributed by atoms with Crippen LogP contribution in [0.4, 0.5) is 0 Å². The normalized spacial score (nSPS) is 29.6. The van der Waals surface area contributed by atoms with Crippen LogP contribution in [0, 0.1) is 0 Å². The lowest BCUT2D eigenvalue weighted by Crippen LogP contribution is -2.54. The van der Waals surface area contributed by atoms with Gasteiger partial charge in [0.05, 0.1) is 12.2 Å². The van der Waals surface area contributed by atoms with Gasteiger partial charge >= 0.3 is 5.97 Å². The zero-order valence-electron chi connectivity index (χ0n) is 11.2. The fourth-order valence-corrected chi connectivity index (χ4v) is 4.32. The SMILES string of the molecule is CC1CN(S(=O)(=O)N(CC(=O)O)C2CC2)CC(C)O1. The fraction of sp³-hybridized carbons (Fsp3) is 0.909. The molecule has 0 aromatic heterocycles. The Bertz CT molecular complexity index is 438. The lowest BCUT2D eigenvalue weighted by atomic mass is 10.3. The van der Waals surface area contributed by atoms with Crippen LogP contribution in [-0.4, -0.2) is 66.0 Å². The highest BCUT2D eigenvalue weighted by Crippen LogP contribution is 2.31. The predicted octanol–water partition coefficient (Wildman–Crippen LogP) is -0.111. The number of ether oxygens (including phenoxy) is 1. The molecular weight excluding hydrogens is 272 g/mol. The molecule has 19 heavy (non-hydrogen) atoms. The van der Waals surface area contributed by atoms with E-state index < -0.39 is 22.7 Å². The molecule has 2 fully saturated rings. The predicted molar refractivity (Wildman–Crippen MR) is 67.9 cm³/mol. The molecule has 1 heterocycles. The molecule has 1 saturated carbocycles. The smallest absolute Gasteiger partial charge is 0.318 e. The molecule has 7 nitrogen and oxygen atoms in total. The third kappa shape index (κ3) is 3.44. The topological polar surface area (TPSA) is 87.2 Å². The van der Waals surface area contributed by atoms with Crippen molar-refractivity contribution in [2.45, 2.75) is 44.9 Å². The lowest BCUT2D eigenvalue weighted by molar-refractivity contribution is -0.137. The maximum atomic E-state index is 12.5. The first-order valence-corrected chi connectivity index (χ1v) is 7.84. The van der Waals surface area contributed by atoms with E-state index in [0.29, 0.717) is 0 Å². The van der Waals surface area contributed by atoms with Crippen LogP contribution in [0.5, 0.6) is 0 Å². The van der Waals surface area contributed by atoms with Gasteiger partial charge in [-0.3, -0.25) is 4.79 Å². The largest absolute Gasteiger partial charge is 0.480 e. The second kappa shape index (κ2) is 5.35. The third-order valence-corrected chi connectivity index (χ3v) is 5.22. The van der Waals surface area contributed by atoms with E-state index in [4.69, 9.17) is 9.84 Å². The Morgan fingerprint density at radius 3 is 2.26 bits per heavy atom. The van der Waals surface area contributed by atoms with E-state index in [2.05, 4.69) is 0 Å². The standard InChI is InChI=1S/C11H20N2O5S/c1-8-5-12(6-9(2)18-8)19(16,17)13(7-11(14)15)10-3-4-10/h8-10H,3-7H2,1-2H3,(H,14,15). The zero-order valence-corrected chi connectivity index (χ0v) is 12.0. The molecule has 0 radical (unpaired) electrons. The van der Waals surface area contributed by atoms with Crippen molar-refractivity contribution in [3.63, 3.8) is 0 Å². The van der Waals surface area contributed by atoms with Crippen LogP contribution >= 0.6 is 0 Å². The van der Waals surface area contributed by atoms with E-state index in [1.807, 2.05) is 13.8 Å². The number of carboxylic acid groups (broad SMARTS) is 1. The monoisotopic (exact) mass is 292 g/mol. The van der Waals surface area contributed by atoms with Crippen molar-refractivity contribution in [1.82, 2.24) is 8.61 Å². The lowest BCUT2D eigenvalue weighted by Gasteiger charge is -2.37. The Balaban J connectivity index is 2.16. The van der Waals surface area contributed by atoms with E-state index in [0.717, 1.165) is 17.1 Å². The molecule has 8 heteroatoms. The van der Waals surface area contributed by atoms with Crippen molar-refractivity contribution in [1.29, 1.82) is 0 Å². The number of carbonyl (C=O) groups is 1. The number of morpholine rings is 1. The minimum absolute atomic E-state index is 0.158. The van der Waals surface area contributed by atoms with Crippen molar-refractivity contribution in [2.24, 2.45) is 0 Å². The van der Waals surface area contributed by atoms with Gasteiger partial charge in [-0.2, -0.15) is 17.0 Å². The molecule has 1 aliphatic carbocycles. The van der Waals surface area contributed by atoms with Crippen molar-refractivity contribution < 1.29 is 23.1 Å². The fourth-order valence-electron chi connectivity index (χ4n) is 2.36. The first-order valence-electron chi connectivity index (χ1n) is 6.45. The summed E-state index contributed by atoms with van der Waals surface area (Å²) in [5.41, 5.74) is 0. The number of rotatable bonds is 5. The van der Waals surface area contributed by atoms with Crippen LogP contribution in [0.15, 0.2) is 0 Å². The van der Waals surface area contributed by atoms with Crippen molar-refractivity contribution in [2.75, 3.05) is 19.6 Å². The van der Waals surface area contributed by atoms with Gasteiger partial charge in [-0.1, -0.05) is 0 Å². The highest BCUT2D eigenvalue weighted by atomic mass is 32.2. The summed E-state index contributed by atoms with van der Waals surface area (Å²) in [6.07, 6.45) is 1.12. The molecule has 2 aliphatic rings. The molecule has 2 atom stereocenters. The van der Waals surface area contributed by atoms with Gasteiger partial charge in [-0.25, -0.2) is 0 Å². The minimum atomic E-state index is -3.72. The molecule has 0 spiro atoms. The highest BCUT2D eigenvalue weighted by Gasteiger charge is 2.43. The van der Waals surface area contributed by atoms with Crippen LogP contribution < -0.4 is 0 Å². The number of nitrogens with zero attached hydrogens (tertiary/aromatic N) is 2. The summed E-state index contributed by atoms with van der Waals surface area (Å²) in [6, 6.07) is -0.158. The number of aliphatic carboxylic acids is 1. The average Bonchev–Trinajstić information content (AvgIpc) is 3.07. The maximum absolute atomic E-state index is 12.5. The molecule has 2 rings (SSSR count). The summed E-state index contributed by atoms with van der Waals surface area (Å²) in [4.78, 5) is 10.9. The van der Waals surface area contributed by atoms with Gasteiger partial charge in [0.15, 0.2) is 0 Å². The Morgan fingerprint density at radius 2 is 1.84 bits per heavy atom. The number of hydrogen-bond acceptors (Lipinski definition) is 4. The van der Waals surface area contributed by atoms with Crippen LogP contribution in [0.1, 0.15) is 26.7 Å². The van der Waals surface area contributed by atoms with Gasteiger partial charge in [0.2, 0.25) is 0 Å². The molecule has 0 aromatic carbocycles. The van der Waals surface area contributed by atoms with E-state index in [1.54, 1.807) is 0 Å². The summed E-state index contributed by atoms with van der Waals surface area (Å²) in [5, 5.41) is 8.88. The summed E-state index contributed by atoms with van der Waals surface area (Å²) in [7, 11) is -3.72. The number of carboxylic acids is 1. The Labute approximate surface area is 113 Å². The van der Waals surface area contributed by atoms with E-state index in [1.165, 1.54) is 4.31 Å². The minimum Gasteiger partial charge on any atom is -0.480 e. The molecule has 110 valence electrons. The van der Waals surface area contributed by atoms with Crippen LogP contribution in [0.25, 0.3) is 0 Å². The van der Waals surface area contributed by atoms with Crippen molar-refractivity contribution in [3.05, 3.63) is 0 Å². The Kier molecular flexibility index (Phi) is 4.14. The summed E-state index contributed by atoms with van der Waals surface area (Å²) in [6.45, 7) is 3.71. The quantitative estimate of drug-likeness (QED) is 0.764. The zero-order chi connectivity index (χ0) is 14.2. The molecule has 1 saturated heterocycles. The molecule has 1 aliphatic heterocycles.